The van der Waals surface area contributed by atoms with E-state index in [1.165, 1.54) is 12.0 Å². The van der Waals surface area contributed by atoms with Gasteiger partial charge in [-0.3, -0.25) is 14.5 Å². The summed E-state index contributed by atoms with van der Waals surface area (Å²) in [5.74, 6) is -0.741. The summed E-state index contributed by atoms with van der Waals surface area (Å²) in [5.41, 5.74) is 4.16. The quantitative estimate of drug-likeness (QED) is 0.255. The number of benzene rings is 3. The van der Waals surface area contributed by atoms with E-state index in [0.717, 1.165) is 16.7 Å². The Morgan fingerprint density at radius 2 is 1.65 bits per heavy atom. The van der Waals surface area contributed by atoms with Gasteiger partial charge in [-0.25, -0.2) is 0 Å². The average Bonchev–Trinajstić information content (AvgIpc) is 3.14. The predicted molar refractivity (Wildman–Crippen MR) is 145 cm³/mol. The maximum absolute atomic E-state index is 13.6. The molecule has 1 unspecified atom stereocenters. The fraction of sp³-hybridized carbons (Fsp3) is 0.290. The molecule has 0 bridgehead atoms. The van der Waals surface area contributed by atoms with Gasteiger partial charge in [-0.15, -0.1) is 0 Å². The van der Waals surface area contributed by atoms with Crippen LogP contribution in [0, 0.1) is 13.8 Å². The molecule has 3 aromatic carbocycles. The van der Waals surface area contributed by atoms with Crippen LogP contribution in [-0.2, 0) is 15.0 Å². The molecule has 1 heterocycles. The van der Waals surface area contributed by atoms with Crippen molar-refractivity contribution in [2.24, 2.45) is 0 Å². The van der Waals surface area contributed by atoms with E-state index >= 15 is 0 Å². The van der Waals surface area contributed by atoms with E-state index in [1.54, 1.807) is 31.4 Å². The number of hydrogen-bond acceptors (Lipinski definition) is 5. The lowest BCUT2D eigenvalue weighted by molar-refractivity contribution is -0.132. The third kappa shape index (κ3) is 4.71. The summed E-state index contributed by atoms with van der Waals surface area (Å²) in [6, 6.07) is 17.6. The number of aryl methyl sites for hydroxylation is 2. The highest BCUT2D eigenvalue weighted by Gasteiger charge is 2.47. The molecule has 37 heavy (non-hydrogen) atoms. The summed E-state index contributed by atoms with van der Waals surface area (Å²) in [5, 5.41) is 11.7. The summed E-state index contributed by atoms with van der Waals surface area (Å²) < 4.78 is 11.0. The molecule has 1 N–H and O–H groups in total. The third-order valence-corrected chi connectivity index (χ3v) is 6.80. The van der Waals surface area contributed by atoms with E-state index in [1.807, 2.05) is 50.2 Å². The minimum Gasteiger partial charge on any atom is -0.507 e. The zero-order valence-electron chi connectivity index (χ0n) is 22.4. The normalized spacial score (nSPS) is 17.3. The van der Waals surface area contributed by atoms with Crippen molar-refractivity contribution in [2.75, 3.05) is 19.1 Å². The number of ketones is 1. The lowest BCUT2D eigenvalue weighted by atomic mass is 9.85. The number of methoxy groups -OCH3 is 2. The van der Waals surface area contributed by atoms with E-state index in [0.29, 0.717) is 28.3 Å². The van der Waals surface area contributed by atoms with Crippen LogP contribution in [0.3, 0.4) is 0 Å². The van der Waals surface area contributed by atoms with Gasteiger partial charge in [0.05, 0.1) is 31.4 Å². The van der Waals surface area contributed by atoms with Gasteiger partial charge in [0, 0.05) is 5.69 Å². The highest BCUT2D eigenvalue weighted by Crippen LogP contribution is 2.45. The Bertz CT molecular complexity index is 1410. The number of aliphatic hydroxyl groups excluding tert-OH is 1. The summed E-state index contributed by atoms with van der Waals surface area (Å²) in [6.45, 7) is 10.0. The van der Waals surface area contributed by atoms with Crippen LogP contribution in [0.4, 0.5) is 5.69 Å². The first-order valence-corrected chi connectivity index (χ1v) is 12.2. The molecule has 0 saturated carbocycles. The number of rotatable bonds is 5. The lowest BCUT2D eigenvalue weighted by Gasteiger charge is -2.27. The molecule has 6 nitrogen and oxygen atoms in total. The number of carbonyl (C=O) groups is 2. The van der Waals surface area contributed by atoms with Crippen molar-refractivity contribution in [3.05, 3.63) is 94.1 Å². The van der Waals surface area contributed by atoms with E-state index in [9.17, 15) is 14.7 Å². The summed E-state index contributed by atoms with van der Waals surface area (Å²) in [7, 11) is 3.07. The molecule has 4 rings (SSSR count). The molecule has 192 valence electrons. The van der Waals surface area contributed by atoms with Gasteiger partial charge in [0.15, 0.2) is 0 Å². The highest BCUT2D eigenvalue weighted by atomic mass is 16.5. The first-order valence-electron chi connectivity index (χ1n) is 12.2. The smallest absolute Gasteiger partial charge is 0.300 e. The second-order valence-corrected chi connectivity index (χ2v) is 10.4. The van der Waals surface area contributed by atoms with Crippen LogP contribution in [0.25, 0.3) is 5.76 Å². The SMILES string of the molecule is COc1cccc(C2/C(=C(\O)c3cc(C(C)(C)C)ccc3OC)C(=O)C(=O)N2c2cc(C)ccc2C)c1. The van der Waals surface area contributed by atoms with Crippen molar-refractivity contribution >= 4 is 23.1 Å². The molecule has 6 heteroatoms. The number of Topliss-reactive ketones (excluding diaryl/α,β-unsaturated/α-hetero) is 1. The molecule has 1 amide bonds. The number of carbonyl (C=O) groups excluding carboxylic acids is 2. The summed E-state index contributed by atoms with van der Waals surface area (Å²) in [4.78, 5) is 28.7. The highest BCUT2D eigenvalue weighted by molar-refractivity contribution is 6.51. The predicted octanol–water partition coefficient (Wildman–Crippen LogP) is 6.24. The standard InChI is InChI=1S/C31H33NO5/c1-18-11-12-19(2)24(15-18)32-27(20-9-8-10-22(16-20)36-6)26(29(34)30(32)35)28(33)23-17-21(31(3,4)5)13-14-25(23)37-7/h8-17,27,33H,1-7H3/b28-26+. The number of anilines is 1. The topological polar surface area (TPSA) is 76.1 Å². The molecule has 1 aliphatic rings. The van der Waals surface area contributed by atoms with Crippen molar-refractivity contribution in [2.45, 2.75) is 46.1 Å². The number of aliphatic hydroxyl groups is 1. The fourth-order valence-corrected chi connectivity index (χ4v) is 4.69. The van der Waals surface area contributed by atoms with Gasteiger partial charge in [0.1, 0.15) is 17.3 Å². The van der Waals surface area contributed by atoms with Gasteiger partial charge in [-0.2, -0.15) is 0 Å². The molecular weight excluding hydrogens is 466 g/mol. The minimum atomic E-state index is -0.862. The van der Waals surface area contributed by atoms with E-state index < -0.39 is 17.7 Å². The number of hydrogen-bond donors (Lipinski definition) is 1. The van der Waals surface area contributed by atoms with Gasteiger partial charge in [-0.1, -0.05) is 51.1 Å². The maximum Gasteiger partial charge on any atom is 0.300 e. The van der Waals surface area contributed by atoms with E-state index in [2.05, 4.69) is 20.8 Å². The number of ether oxygens (including phenoxy) is 2. The second-order valence-electron chi connectivity index (χ2n) is 10.4. The van der Waals surface area contributed by atoms with Crippen LogP contribution in [-0.4, -0.2) is 31.0 Å². The van der Waals surface area contributed by atoms with Crippen LogP contribution in [0.2, 0.25) is 0 Å². The van der Waals surface area contributed by atoms with Crippen LogP contribution >= 0.6 is 0 Å². The maximum atomic E-state index is 13.6. The molecule has 0 aliphatic carbocycles. The number of amides is 1. The Morgan fingerprint density at radius 1 is 0.919 bits per heavy atom. The van der Waals surface area contributed by atoms with Gasteiger partial charge in [-0.05, 0) is 71.8 Å². The second kappa shape index (κ2) is 9.77. The van der Waals surface area contributed by atoms with E-state index in [4.69, 9.17) is 9.47 Å². The van der Waals surface area contributed by atoms with Crippen molar-refractivity contribution in [1.29, 1.82) is 0 Å². The van der Waals surface area contributed by atoms with Crippen LogP contribution in [0.5, 0.6) is 11.5 Å². The lowest BCUT2D eigenvalue weighted by Crippen LogP contribution is -2.30. The Kier molecular flexibility index (Phi) is 6.87. The van der Waals surface area contributed by atoms with Crippen molar-refractivity contribution < 1.29 is 24.2 Å². The monoisotopic (exact) mass is 499 g/mol. The van der Waals surface area contributed by atoms with Crippen LogP contribution < -0.4 is 14.4 Å². The molecule has 0 radical (unpaired) electrons. The first kappa shape index (κ1) is 26.0. The molecule has 0 aromatic heterocycles. The Labute approximate surface area is 218 Å². The largest absolute Gasteiger partial charge is 0.507 e. The molecule has 0 spiro atoms. The zero-order chi connectivity index (χ0) is 27.1. The summed E-state index contributed by atoms with van der Waals surface area (Å²) >= 11 is 0. The van der Waals surface area contributed by atoms with Crippen LogP contribution in [0.15, 0.2) is 66.2 Å². The molecule has 1 aliphatic heterocycles. The minimum absolute atomic E-state index is 0.00326. The molecule has 3 aromatic rings. The zero-order valence-corrected chi connectivity index (χ0v) is 22.4. The van der Waals surface area contributed by atoms with Gasteiger partial charge in [0.2, 0.25) is 0 Å². The fourth-order valence-electron chi connectivity index (χ4n) is 4.69. The summed E-state index contributed by atoms with van der Waals surface area (Å²) in [6.07, 6.45) is 0. The third-order valence-electron chi connectivity index (χ3n) is 6.80. The van der Waals surface area contributed by atoms with Crippen molar-refractivity contribution in [3.63, 3.8) is 0 Å². The Morgan fingerprint density at radius 3 is 2.30 bits per heavy atom. The number of nitrogens with zero attached hydrogens (tertiary/aromatic N) is 1. The van der Waals surface area contributed by atoms with E-state index in [-0.39, 0.29) is 16.7 Å². The van der Waals surface area contributed by atoms with Crippen LogP contribution in [0.1, 0.15) is 54.6 Å². The van der Waals surface area contributed by atoms with Crippen molar-refractivity contribution in [3.8, 4) is 11.5 Å². The van der Waals surface area contributed by atoms with Crippen molar-refractivity contribution in [1.82, 2.24) is 0 Å². The van der Waals surface area contributed by atoms with Gasteiger partial charge >= 0.3 is 0 Å². The Balaban J connectivity index is 2.04. The molecule has 1 fully saturated rings. The van der Waals surface area contributed by atoms with Gasteiger partial charge in [0.25, 0.3) is 11.7 Å². The molecule has 1 saturated heterocycles. The first-order chi connectivity index (χ1) is 17.5. The van der Waals surface area contributed by atoms with Gasteiger partial charge < -0.3 is 14.6 Å². The average molecular weight is 500 g/mol. The molecule has 1 atom stereocenters. The molecular formula is C31H33NO5. The Hall–Kier alpha value is -4.06.